The zero-order valence-corrected chi connectivity index (χ0v) is 16.9. The topological polar surface area (TPSA) is 111 Å². The fourth-order valence-electron chi connectivity index (χ4n) is 2.37. The predicted molar refractivity (Wildman–Crippen MR) is 114 cm³/mol. The number of benzene rings is 3. The molecule has 1 N–H and O–H groups in total. The fraction of sp³-hybridized carbons (Fsp3) is 0. The molecular formula is C21H14BrN3O5. The number of carbonyl (C=O) groups is 2. The second kappa shape index (κ2) is 9.57. The Balaban J connectivity index is 1.56. The minimum Gasteiger partial charge on any atom is -0.423 e. The van der Waals surface area contributed by atoms with Crippen molar-refractivity contribution in [3.8, 4) is 5.75 Å². The molecule has 0 fully saturated rings. The maximum Gasteiger partial charge on any atom is 0.343 e. The Morgan fingerprint density at radius 3 is 2.33 bits per heavy atom. The third-order valence-corrected chi connectivity index (χ3v) is 4.36. The molecule has 0 bridgehead atoms. The molecule has 9 heteroatoms. The molecule has 30 heavy (non-hydrogen) atoms. The van der Waals surface area contributed by atoms with Crippen molar-refractivity contribution in [2.24, 2.45) is 5.10 Å². The van der Waals surface area contributed by atoms with Gasteiger partial charge in [-0.05, 0) is 60.2 Å². The molecule has 3 aromatic rings. The second-order valence-electron chi connectivity index (χ2n) is 5.97. The van der Waals surface area contributed by atoms with Gasteiger partial charge in [-0.3, -0.25) is 14.9 Å². The van der Waals surface area contributed by atoms with Gasteiger partial charge in [0.05, 0.1) is 16.7 Å². The zero-order valence-electron chi connectivity index (χ0n) is 15.3. The number of nitro groups is 1. The van der Waals surface area contributed by atoms with Gasteiger partial charge in [0, 0.05) is 22.2 Å². The highest BCUT2D eigenvalue weighted by atomic mass is 79.9. The summed E-state index contributed by atoms with van der Waals surface area (Å²) in [6.45, 7) is 0. The highest BCUT2D eigenvalue weighted by molar-refractivity contribution is 9.10. The van der Waals surface area contributed by atoms with Crippen LogP contribution >= 0.6 is 15.9 Å². The number of hydrogen-bond acceptors (Lipinski definition) is 6. The minimum absolute atomic E-state index is 0.101. The number of esters is 1. The van der Waals surface area contributed by atoms with Gasteiger partial charge in [0.2, 0.25) is 0 Å². The van der Waals surface area contributed by atoms with Crippen LogP contribution in [0.25, 0.3) is 0 Å². The first-order valence-electron chi connectivity index (χ1n) is 8.58. The van der Waals surface area contributed by atoms with E-state index in [-0.39, 0.29) is 11.3 Å². The number of nitrogens with one attached hydrogen (secondary N) is 1. The van der Waals surface area contributed by atoms with E-state index in [0.29, 0.717) is 16.9 Å². The number of nitrogens with zero attached hydrogens (tertiary/aromatic N) is 2. The molecule has 0 radical (unpaired) electrons. The van der Waals surface area contributed by atoms with E-state index < -0.39 is 16.8 Å². The molecule has 0 saturated carbocycles. The summed E-state index contributed by atoms with van der Waals surface area (Å²) in [5.74, 6) is -0.610. The van der Waals surface area contributed by atoms with Crippen LogP contribution in [0.2, 0.25) is 0 Å². The number of halogens is 1. The Morgan fingerprint density at radius 2 is 1.70 bits per heavy atom. The number of carbonyl (C=O) groups excluding carboxylic acids is 2. The molecule has 0 atom stereocenters. The normalized spacial score (nSPS) is 10.6. The van der Waals surface area contributed by atoms with Crippen molar-refractivity contribution in [3.63, 3.8) is 0 Å². The number of hydrogen-bond donors (Lipinski definition) is 1. The van der Waals surface area contributed by atoms with Gasteiger partial charge in [-0.15, -0.1) is 0 Å². The standard InChI is InChI=1S/C21H14BrN3O5/c22-17-3-1-2-16(12-17)21(27)30-19-10-4-14(5-11-19)13-23-24-20(26)15-6-8-18(9-7-15)25(28)29/h1-13H,(H,24,26)/b23-13+. The van der Waals surface area contributed by atoms with E-state index in [1.54, 1.807) is 42.5 Å². The highest BCUT2D eigenvalue weighted by Crippen LogP contribution is 2.16. The van der Waals surface area contributed by atoms with Crippen LogP contribution in [0.4, 0.5) is 5.69 Å². The van der Waals surface area contributed by atoms with Gasteiger partial charge in [0.1, 0.15) is 5.75 Å². The molecule has 1 amide bonds. The van der Waals surface area contributed by atoms with Crippen molar-refractivity contribution in [2.45, 2.75) is 0 Å². The summed E-state index contributed by atoms with van der Waals surface area (Å²) >= 11 is 3.30. The number of amides is 1. The molecule has 0 saturated heterocycles. The summed E-state index contributed by atoms with van der Waals surface area (Å²) in [5, 5.41) is 14.5. The van der Waals surface area contributed by atoms with E-state index in [0.717, 1.165) is 4.47 Å². The second-order valence-corrected chi connectivity index (χ2v) is 6.89. The van der Waals surface area contributed by atoms with E-state index >= 15 is 0 Å². The van der Waals surface area contributed by atoms with Crippen molar-refractivity contribution < 1.29 is 19.2 Å². The minimum atomic E-state index is -0.542. The van der Waals surface area contributed by atoms with Gasteiger partial charge in [0.25, 0.3) is 11.6 Å². The molecule has 0 aliphatic heterocycles. The molecule has 150 valence electrons. The van der Waals surface area contributed by atoms with Crippen LogP contribution < -0.4 is 10.2 Å². The lowest BCUT2D eigenvalue weighted by Crippen LogP contribution is -2.17. The Labute approximate surface area is 179 Å². The summed E-state index contributed by atoms with van der Waals surface area (Å²) < 4.78 is 6.09. The van der Waals surface area contributed by atoms with E-state index in [1.807, 2.05) is 6.07 Å². The Morgan fingerprint density at radius 1 is 1.00 bits per heavy atom. The molecule has 0 heterocycles. The van der Waals surface area contributed by atoms with Crippen molar-refractivity contribution in [1.29, 1.82) is 0 Å². The lowest BCUT2D eigenvalue weighted by Gasteiger charge is -2.05. The van der Waals surface area contributed by atoms with Crippen molar-refractivity contribution in [3.05, 3.63) is 104 Å². The summed E-state index contributed by atoms with van der Waals surface area (Å²) in [7, 11) is 0. The van der Waals surface area contributed by atoms with Gasteiger partial charge in [0.15, 0.2) is 0 Å². The molecule has 0 aromatic heterocycles. The van der Waals surface area contributed by atoms with Crippen LogP contribution in [0.1, 0.15) is 26.3 Å². The molecule has 3 aromatic carbocycles. The number of non-ortho nitro benzene ring substituents is 1. The van der Waals surface area contributed by atoms with Crippen LogP contribution in [0.3, 0.4) is 0 Å². The van der Waals surface area contributed by atoms with Crippen LogP contribution in [-0.4, -0.2) is 23.0 Å². The number of hydrazone groups is 1. The third-order valence-electron chi connectivity index (χ3n) is 3.87. The van der Waals surface area contributed by atoms with Crippen LogP contribution in [0.5, 0.6) is 5.75 Å². The highest BCUT2D eigenvalue weighted by Gasteiger charge is 2.10. The van der Waals surface area contributed by atoms with Gasteiger partial charge < -0.3 is 4.74 Å². The molecule has 0 aliphatic rings. The van der Waals surface area contributed by atoms with Gasteiger partial charge in [-0.2, -0.15) is 5.10 Å². The van der Waals surface area contributed by atoms with E-state index in [2.05, 4.69) is 26.5 Å². The summed E-state index contributed by atoms with van der Waals surface area (Å²) in [5.41, 5.74) is 3.57. The Kier molecular flexibility index (Phi) is 6.66. The van der Waals surface area contributed by atoms with Crippen LogP contribution in [0.15, 0.2) is 82.4 Å². The maximum atomic E-state index is 12.1. The molecule has 8 nitrogen and oxygen atoms in total. The molecule has 0 spiro atoms. The lowest BCUT2D eigenvalue weighted by molar-refractivity contribution is -0.384. The average molecular weight is 468 g/mol. The zero-order chi connectivity index (χ0) is 21.5. The maximum absolute atomic E-state index is 12.1. The first kappa shape index (κ1) is 20.9. The molecule has 0 aliphatic carbocycles. The van der Waals surface area contributed by atoms with Crippen LogP contribution in [-0.2, 0) is 0 Å². The summed E-state index contributed by atoms with van der Waals surface area (Å²) in [4.78, 5) is 34.2. The smallest absolute Gasteiger partial charge is 0.343 e. The van der Waals surface area contributed by atoms with E-state index in [4.69, 9.17) is 4.74 Å². The fourth-order valence-corrected chi connectivity index (χ4v) is 2.77. The Hall–Kier alpha value is -3.85. The van der Waals surface area contributed by atoms with Gasteiger partial charge >= 0.3 is 5.97 Å². The SMILES string of the molecule is O=C(N/N=C/c1ccc(OC(=O)c2cccc(Br)c2)cc1)c1ccc([N+](=O)[O-])cc1. The number of ether oxygens (including phenoxy) is 1. The van der Waals surface area contributed by atoms with Crippen molar-refractivity contribution >= 4 is 39.7 Å². The van der Waals surface area contributed by atoms with Gasteiger partial charge in [-0.1, -0.05) is 22.0 Å². The largest absolute Gasteiger partial charge is 0.423 e. The van der Waals surface area contributed by atoms with E-state index in [9.17, 15) is 19.7 Å². The third kappa shape index (κ3) is 5.58. The predicted octanol–water partition coefficient (Wildman–Crippen LogP) is 4.34. The summed E-state index contributed by atoms with van der Waals surface area (Å²) in [6.07, 6.45) is 1.42. The summed E-state index contributed by atoms with van der Waals surface area (Å²) in [6, 6.07) is 18.6. The monoisotopic (exact) mass is 467 g/mol. The molecular weight excluding hydrogens is 454 g/mol. The Bertz CT molecular complexity index is 1110. The van der Waals surface area contributed by atoms with Gasteiger partial charge in [-0.25, -0.2) is 10.2 Å². The first-order chi connectivity index (χ1) is 14.4. The number of rotatable bonds is 6. The van der Waals surface area contributed by atoms with Crippen LogP contribution in [0, 0.1) is 10.1 Å². The quantitative estimate of drug-likeness (QED) is 0.190. The van der Waals surface area contributed by atoms with E-state index in [1.165, 1.54) is 30.5 Å². The average Bonchev–Trinajstić information content (AvgIpc) is 2.75. The molecule has 3 rings (SSSR count). The van der Waals surface area contributed by atoms with Crippen molar-refractivity contribution in [2.75, 3.05) is 0 Å². The van der Waals surface area contributed by atoms with Crippen molar-refractivity contribution in [1.82, 2.24) is 5.43 Å². The lowest BCUT2D eigenvalue weighted by atomic mass is 10.2. The number of nitro benzene ring substituents is 1. The molecule has 0 unspecified atom stereocenters. The first-order valence-corrected chi connectivity index (χ1v) is 9.37.